The molecule has 0 saturated carbocycles. The van der Waals surface area contributed by atoms with Crippen molar-refractivity contribution in [3.63, 3.8) is 0 Å². The van der Waals surface area contributed by atoms with E-state index in [9.17, 15) is 0 Å². The first kappa shape index (κ1) is 18.8. The molecule has 0 unspecified atom stereocenters. The minimum absolute atomic E-state index is 0.761. The standard InChI is InChI=1S/C30H18N2O2/c1-2-10-27-23(8-1)29-24-14-12-19-11-13-22(17-25(19)30(24)32-18-28(29)34-27)33-21-7-5-6-20(16-21)26-9-3-4-15-31-26/h1-18H. The maximum atomic E-state index is 6.27. The molecule has 7 rings (SSSR count). The molecule has 0 aliphatic carbocycles. The fourth-order valence-corrected chi connectivity index (χ4v) is 4.63. The van der Waals surface area contributed by atoms with Gasteiger partial charge in [0, 0.05) is 33.3 Å². The summed E-state index contributed by atoms with van der Waals surface area (Å²) >= 11 is 0. The average Bonchev–Trinajstić information content (AvgIpc) is 3.28. The van der Waals surface area contributed by atoms with Crippen LogP contribution < -0.4 is 4.74 Å². The molecular weight excluding hydrogens is 420 g/mol. The van der Waals surface area contributed by atoms with Crippen molar-refractivity contribution < 1.29 is 9.15 Å². The largest absolute Gasteiger partial charge is 0.457 e. The van der Waals surface area contributed by atoms with Gasteiger partial charge in [-0.05, 0) is 47.9 Å². The lowest BCUT2D eigenvalue weighted by atomic mass is 10.0. The summed E-state index contributed by atoms with van der Waals surface area (Å²) in [7, 11) is 0. The smallest absolute Gasteiger partial charge is 0.154 e. The van der Waals surface area contributed by atoms with Crippen molar-refractivity contribution in [2.24, 2.45) is 0 Å². The summed E-state index contributed by atoms with van der Waals surface area (Å²) in [4.78, 5) is 9.22. The first-order valence-electron chi connectivity index (χ1n) is 11.2. The van der Waals surface area contributed by atoms with E-state index in [1.807, 2.05) is 72.9 Å². The molecule has 3 heterocycles. The Kier molecular flexibility index (Phi) is 4.11. The Morgan fingerprint density at radius 1 is 0.618 bits per heavy atom. The molecule has 0 amide bonds. The number of furan rings is 1. The molecule has 0 bridgehead atoms. The van der Waals surface area contributed by atoms with Gasteiger partial charge in [-0.25, -0.2) is 0 Å². The lowest BCUT2D eigenvalue weighted by Gasteiger charge is -2.10. The normalized spacial score (nSPS) is 11.5. The van der Waals surface area contributed by atoms with E-state index in [1.54, 1.807) is 6.20 Å². The van der Waals surface area contributed by atoms with Crippen molar-refractivity contribution in [2.75, 3.05) is 0 Å². The highest BCUT2D eigenvalue weighted by atomic mass is 16.5. The number of fused-ring (bicyclic) bond motifs is 7. The summed E-state index contributed by atoms with van der Waals surface area (Å²) in [6.07, 6.45) is 3.62. The van der Waals surface area contributed by atoms with E-state index < -0.39 is 0 Å². The fraction of sp³-hybridized carbons (Fsp3) is 0. The zero-order valence-electron chi connectivity index (χ0n) is 18.1. The first-order valence-corrected chi connectivity index (χ1v) is 11.2. The molecule has 0 atom stereocenters. The number of para-hydroxylation sites is 1. The second-order valence-corrected chi connectivity index (χ2v) is 8.29. The Morgan fingerprint density at radius 2 is 1.50 bits per heavy atom. The van der Waals surface area contributed by atoms with Crippen LogP contribution >= 0.6 is 0 Å². The zero-order valence-corrected chi connectivity index (χ0v) is 18.1. The average molecular weight is 438 g/mol. The van der Waals surface area contributed by atoms with Gasteiger partial charge in [0.1, 0.15) is 17.1 Å². The topological polar surface area (TPSA) is 48.2 Å². The van der Waals surface area contributed by atoms with Crippen LogP contribution in [0.15, 0.2) is 114 Å². The van der Waals surface area contributed by atoms with Crippen molar-refractivity contribution in [1.29, 1.82) is 0 Å². The molecule has 0 radical (unpaired) electrons. The number of pyridine rings is 2. The molecule has 0 saturated heterocycles. The second kappa shape index (κ2) is 7.42. The Balaban J connectivity index is 1.36. The summed E-state index contributed by atoms with van der Waals surface area (Å²) in [5, 5.41) is 5.42. The monoisotopic (exact) mass is 438 g/mol. The number of hydrogen-bond acceptors (Lipinski definition) is 4. The summed E-state index contributed by atoms with van der Waals surface area (Å²) in [5.41, 5.74) is 4.53. The molecule has 0 fully saturated rings. The van der Waals surface area contributed by atoms with Gasteiger partial charge in [0.15, 0.2) is 5.58 Å². The summed E-state index contributed by atoms with van der Waals surface area (Å²) in [5.74, 6) is 1.52. The summed E-state index contributed by atoms with van der Waals surface area (Å²) in [6, 6.07) is 32.4. The van der Waals surface area contributed by atoms with Gasteiger partial charge in [-0.2, -0.15) is 0 Å². The van der Waals surface area contributed by atoms with Crippen LogP contribution in [0.1, 0.15) is 0 Å². The molecule has 0 aliphatic rings. The predicted molar refractivity (Wildman–Crippen MR) is 136 cm³/mol. The number of hydrogen-bond donors (Lipinski definition) is 0. The van der Waals surface area contributed by atoms with Gasteiger partial charge in [0.25, 0.3) is 0 Å². The Hall–Kier alpha value is -4.70. The maximum Gasteiger partial charge on any atom is 0.154 e. The van der Waals surface area contributed by atoms with Gasteiger partial charge in [-0.3, -0.25) is 9.97 Å². The van der Waals surface area contributed by atoms with Gasteiger partial charge in [-0.15, -0.1) is 0 Å². The van der Waals surface area contributed by atoms with E-state index in [2.05, 4.69) is 35.3 Å². The molecule has 4 nitrogen and oxygen atoms in total. The van der Waals surface area contributed by atoms with Crippen LogP contribution in [-0.2, 0) is 0 Å². The van der Waals surface area contributed by atoms with Crippen LogP contribution in [0.25, 0.3) is 54.9 Å². The van der Waals surface area contributed by atoms with E-state index in [4.69, 9.17) is 14.1 Å². The fourth-order valence-electron chi connectivity index (χ4n) is 4.63. The summed E-state index contributed by atoms with van der Waals surface area (Å²) < 4.78 is 12.3. The molecule has 4 heteroatoms. The molecule has 7 aromatic rings. The lowest BCUT2D eigenvalue weighted by molar-refractivity contribution is 0.483. The molecule has 0 spiro atoms. The minimum Gasteiger partial charge on any atom is -0.457 e. The van der Waals surface area contributed by atoms with Gasteiger partial charge in [-0.1, -0.05) is 54.6 Å². The minimum atomic E-state index is 0.761. The van der Waals surface area contributed by atoms with Crippen LogP contribution in [0, 0.1) is 0 Å². The molecule has 34 heavy (non-hydrogen) atoms. The van der Waals surface area contributed by atoms with E-state index in [0.717, 1.165) is 66.4 Å². The number of rotatable bonds is 3. The van der Waals surface area contributed by atoms with E-state index >= 15 is 0 Å². The number of ether oxygens (including phenoxy) is 1. The van der Waals surface area contributed by atoms with Gasteiger partial charge >= 0.3 is 0 Å². The number of nitrogens with zero attached hydrogens (tertiary/aromatic N) is 2. The van der Waals surface area contributed by atoms with Crippen LogP contribution in [0.3, 0.4) is 0 Å². The third kappa shape index (κ3) is 3.00. The van der Waals surface area contributed by atoms with E-state index in [-0.39, 0.29) is 0 Å². The highest BCUT2D eigenvalue weighted by Gasteiger charge is 2.13. The Morgan fingerprint density at radius 3 is 2.44 bits per heavy atom. The second-order valence-electron chi connectivity index (χ2n) is 8.29. The van der Waals surface area contributed by atoms with Gasteiger partial charge < -0.3 is 9.15 Å². The molecule has 3 aromatic heterocycles. The molecular formula is C30H18N2O2. The third-order valence-corrected chi connectivity index (χ3v) is 6.20. The molecule has 4 aromatic carbocycles. The molecule has 0 aliphatic heterocycles. The first-order chi connectivity index (χ1) is 16.8. The third-order valence-electron chi connectivity index (χ3n) is 6.20. The lowest BCUT2D eigenvalue weighted by Crippen LogP contribution is -1.88. The van der Waals surface area contributed by atoms with E-state index in [0.29, 0.717) is 0 Å². The SMILES string of the molecule is c1ccc(-c2cccc(Oc3ccc4ccc5c(ncc6oc7ccccc7c65)c4c3)c2)nc1. The Labute approximate surface area is 195 Å². The van der Waals surface area contributed by atoms with Crippen molar-refractivity contribution in [3.8, 4) is 22.8 Å². The van der Waals surface area contributed by atoms with Crippen LogP contribution in [0.2, 0.25) is 0 Å². The van der Waals surface area contributed by atoms with E-state index in [1.165, 1.54) is 0 Å². The molecule has 0 N–H and O–H groups in total. The van der Waals surface area contributed by atoms with Crippen molar-refractivity contribution in [2.45, 2.75) is 0 Å². The zero-order chi connectivity index (χ0) is 22.5. The highest BCUT2D eigenvalue weighted by molar-refractivity contribution is 6.22. The van der Waals surface area contributed by atoms with Crippen molar-refractivity contribution in [1.82, 2.24) is 9.97 Å². The highest BCUT2D eigenvalue weighted by Crippen LogP contribution is 2.37. The van der Waals surface area contributed by atoms with Crippen LogP contribution in [0.4, 0.5) is 0 Å². The van der Waals surface area contributed by atoms with Crippen molar-refractivity contribution >= 4 is 43.6 Å². The van der Waals surface area contributed by atoms with Crippen LogP contribution in [0.5, 0.6) is 11.5 Å². The Bertz CT molecular complexity index is 1840. The number of aromatic nitrogens is 2. The van der Waals surface area contributed by atoms with Crippen molar-refractivity contribution in [3.05, 3.63) is 109 Å². The molecule has 160 valence electrons. The summed E-state index contributed by atoms with van der Waals surface area (Å²) in [6.45, 7) is 0. The maximum absolute atomic E-state index is 6.27. The van der Waals surface area contributed by atoms with Gasteiger partial charge in [0.05, 0.1) is 17.4 Å². The quantitative estimate of drug-likeness (QED) is 0.261. The number of benzene rings is 4. The van der Waals surface area contributed by atoms with Gasteiger partial charge in [0.2, 0.25) is 0 Å². The predicted octanol–water partition coefficient (Wildman–Crippen LogP) is 8.14. The van der Waals surface area contributed by atoms with Crippen LogP contribution in [-0.4, -0.2) is 9.97 Å².